The van der Waals surface area contributed by atoms with E-state index in [0.29, 0.717) is 6.54 Å². The molecule has 2 saturated carbocycles. The SMILES string of the molecule is CC12CCC(C1)C(C)(C)C2NC(=O)NCc1ccccc1. The third kappa shape index (κ3) is 2.54. The van der Waals surface area contributed by atoms with Crippen LogP contribution in [0.4, 0.5) is 4.79 Å². The maximum atomic E-state index is 12.3. The Morgan fingerprint density at radius 1 is 1.24 bits per heavy atom. The van der Waals surface area contributed by atoms with Crippen LogP contribution in [-0.2, 0) is 6.54 Å². The van der Waals surface area contributed by atoms with Gasteiger partial charge in [-0.2, -0.15) is 0 Å². The van der Waals surface area contributed by atoms with Crippen molar-refractivity contribution in [1.82, 2.24) is 10.6 Å². The molecule has 2 amide bonds. The van der Waals surface area contributed by atoms with Crippen molar-refractivity contribution >= 4 is 6.03 Å². The zero-order chi connectivity index (χ0) is 15.1. The summed E-state index contributed by atoms with van der Waals surface area (Å²) >= 11 is 0. The molecule has 0 spiro atoms. The number of carbonyl (C=O) groups is 1. The molecule has 3 atom stereocenters. The van der Waals surface area contributed by atoms with E-state index in [4.69, 9.17) is 0 Å². The first kappa shape index (κ1) is 14.4. The highest BCUT2D eigenvalue weighted by Gasteiger charge is 2.59. The zero-order valence-electron chi connectivity index (χ0n) is 13.3. The number of hydrogen-bond acceptors (Lipinski definition) is 1. The molecule has 3 rings (SSSR count). The second kappa shape index (κ2) is 5.04. The van der Waals surface area contributed by atoms with Crippen LogP contribution >= 0.6 is 0 Å². The standard InChI is InChI=1S/C18H26N2O/c1-17(2)14-9-10-18(3,11-14)15(17)20-16(21)19-12-13-7-5-4-6-8-13/h4-8,14-15H,9-12H2,1-3H3,(H2,19,20,21). The monoisotopic (exact) mass is 286 g/mol. The average Bonchev–Trinajstić information content (AvgIpc) is 2.94. The van der Waals surface area contributed by atoms with Crippen molar-refractivity contribution in [3.8, 4) is 0 Å². The van der Waals surface area contributed by atoms with Gasteiger partial charge in [0, 0.05) is 12.6 Å². The van der Waals surface area contributed by atoms with Crippen LogP contribution in [0.5, 0.6) is 0 Å². The van der Waals surface area contributed by atoms with Crippen LogP contribution in [0.1, 0.15) is 45.6 Å². The normalized spacial score (nSPS) is 32.9. The number of urea groups is 1. The number of carbonyl (C=O) groups excluding carboxylic acids is 1. The Morgan fingerprint density at radius 2 is 1.95 bits per heavy atom. The smallest absolute Gasteiger partial charge is 0.315 e. The van der Waals surface area contributed by atoms with Crippen molar-refractivity contribution in [2.45, 2.75) is 52.6 Å². The van der Waals surface area contributed by atoms with E-state index in [1.54, 1.807) is 0 Å². The molecule has 0 aliphatic heterocycles. The molecule has 0 heterocycles. The summed E-state index contributed by atoms with van der Waals surface area (Å²) in [5.74, 6) is 0.752. The van der Waals surface area contributed by atoms with Gasteiger partial charge >= 0.3 is 6.03 Å². The summed E-state index contributed by atoms with van der Waals surface area (Å²) in [4.78, 5) is 12.3. The van der Waals surface area contributed by atoms with Crippen molar-refractivity contribution in [3.63, 3.8) is 0 Å². The first-order chi connectivity index (χ1) is 9.92. The van der Waals surface area contributed by atoms with Crippen LogP contribution < -0.4 is 10.6 Å². The summed E-state index contributed by atoms with van der Waals surface area (Å²) in [6.45, 7) is 7.54. The lowest BCUT2D eigenvalue weighted by Crippen LogP contribution is -2.54. The number of fused-ring (bicyclic) bond motifs is 2. The predicted molar refractivity (Wildman–Crippen MR) is 84.8 cm³/mol. The summed E-state index contributed by atoms with van der Waals surface area (Å²) in [7, 11) is 0. The molecule has 114 valence electrons. The third-order valence-corrected chi connectivity index (χ3v) is 5.84. The fraction of sp³-hybridized carbons (Fsp3) is 0.611. The molecule has 1 aromatic rings. The number of hydrogen-bond donors (Lipinski definition) is 2. The van der Waals surface area contributed by atoms with Gasteiger partial charge in [0.25, 0.3) is 0 Å². The molecule has 3 heteroatoms. The molecule has 3 nitrogen and oxygen atoms in total. The summed E-state index contributed by atoms with van der Waals surface area (Å²) in [6, 6.07) is 10.3. The minimum absolute atomic E-state index is 0.0364. The Labute approximate surface area is 127 Å². The number of nitrogens with one attached hydrogen (secondary N) is 2. The van der Waals surface area contributed by atoms with Crippen LogP contribution in [0, 0.1) is 16.7 Å². The topological polar surface area (TPSA) is 41.1 Å². The summed E-state index contributed by atoms with van der Waals surface area (Å²) in [5, 5.41) is 6.25. The zero-order valence-corrected chi connectivity index (χ0v) is 13.3. The van der Waals surface area contributed by atoms with E-state index in [0.717, 1.165) is 11.5 Å². The lowest BCUT2D eigenvalue weighted by molar-refractivity contribution is 0.114. The minimum atomic E-state index is -0.0364. The fourth-order valence-corrected chi connectivity index (χ4v) is 4.62. The van der Waals surface area contributed by atoms with E-state index < -0.39 is 0 Å². The largest absolute Gasteiger partial charge is 0.334 e. The molecule has 2 bridgehead atoms. The molecular weight excluding hydrogens is 260 g/mol. The first-order valence-electron chi connectivity index (χ1n) is 8.00. The van der Waals surface area contributed by atoms with Gasteiger partial charge in [0.05, 0.1) is 0 Å². The molecule has 2 aliphatic rings. The van der Waals surface area contributed by atoms with Gasteiger partial charge in [-0.1, -0.05) is 51.1 Å². The minimum Gasteiger partial charge on any atom is -0.334 e. The van der Waals surface area contributed by atoms with E-state index in [9.17, 15) is 4.79 Å². The number of amides is 2. The summed E-state index contributed by atoms with van der Waals surface area (Å²) in [5.41, 5.74) is 1.61. The van der Waals surface area contributed by atoms with Gasteiger partial charge in [-0.25, -0.2) is 4.79 Å². The van der Waals surface area contributed by atoms with Gasteiger partial charge in [0.15, 0.2) is 0 Å². The van der Waals surface area contributed by atoms with E-state index >= 15 is 0 Å². The van der Waals surface area contributed by atoms with Gasteiger partial charge in [-0.15, -0.1) is 0 Å². The van der Waals surface area contributed by atoms with Crippen molar-refractivity contribution in [2.24, 2.45) is 16.7 Å². The quantitative estimate of drug-likeness (QED) is 0.874. The predicted octanol–water partition coefficient (Wildman–Crippen LogP) is 3.70. The maximum Gasteiger partial charge on any atom is 0.315 e. The van der Waals surface area contributed by atoms with Crippen molar-refractivity contribution in [2.75, 3.05) is 0 Å². The van der Waals surface area contributed by atoms with Crippen molar-refractivity contribution < 1.29 is 4.79 Å². The van der Waals surface area contributed by atoms with Crippen LogP contribution in [0.25, 0.3) is 0 Å². The second-order valence-corrected chi connectivity index (χ2v) is 7.66. The summed E-state index contributed by atoms with van der Waals surface area (Å²) < 4.78 is 0. The molecule has 0 radical (unpaired) electrons. The van der Waals surface area contributed by atoms with E-state index in [2.05, 4.69) is 31.4 Å². The fourth-order valence-electron chi connectivity index (χ4n) is 4.62. The van der Waals surface area contributed by atoms with Crippen molar-refractivity contribution in [3.05, 3.63) is 35.9 Å². The molecule has 3 unspecified atom stereocenters. The van der Waals surface area contributed by atoms with Crippen LogP contribution in [0.2, 0.25) is 0 Å². The molecule has 2 fully saturated rings. The Balaban J connectivity index is 1.60. The molecule has 0 aromatic heterocycles. The Morgan fingerprint density at radius 3 is 2.57 bits per heavy atom. The van der Waals surface area contributed by atoms with Gasteiger partial charge < -0.3 is 10.6 Å². The molecule has 2 aliphatic carbocycles. The van der Waals surface area contributed by atoms with Gasteiger partial charge in [-0.05, 0) is 41.6 Å². The third-order valence-electron chi connectivity index (χ3n) is 5.84. The average molecular weight is 286 g/mol. The van der Waals surface area contributed by atoms with Crippen LogP contribution in [-0.4, -0.2) is 12.1 Å². The molecular formula is C18H26N2O. The van der Waals surface area contributed by atoms with Gasteiger partial charge in [-0.3, -0.25) is 0 Å². The molecule has 2 N–H and O–H groups in total. The lowest BCUT2D eigenvalue weighted by atomic mass is 9.68. The molecule has 1 aromatic carbocycles. The van der Waals surface area contributed by atoms with E-state index in [-0.39, 0.29) is 22.9 Å². The Hall–Kier alpha value is -1.51. The van der Waals surface area contributed by atoms with E-state index in [1.807, 2.05) is 30.3 Å². The highest BCUT2D eigenvalue weighted by molar-refractivity contribution is 5.74. The van der Waals surface area contributed by atoms with Crippen LogP contribution in [0.15, 0.2) is 30.3 Å². The molecule has 0 saturated heterocycles. The van der Waals surface area contributed by atoms with Gasteiger partial charge in [0.1, 0.15) is 0 Å². The summed E-state index contributed by atoms with van der Waals surface area (Å²) in [6.07, 6.45) is 3.81. The lowest BCUT2D eigenvalue weighted by Gasteiger charge is -2.43. The highest BCUT2D eigenvalue weighted by atomic mass is 16.2. The van der Waals surface area contributed by atoms with Crippen molar-refractivity contribution in [1.29, 1.82) is 0 Å². The first-order valence-corrected chi connectivity index (χ1v) is 8.00. The van der Waals surface area contributed by atoms with Gasteiger partial charge in [0.2, 0.25) is 0 Å². The van der Waals surface area contributed by atoms with Crippen LogP contribution in [0.3, 0.4) is 0 Å². The maximum absolute atomic E-state index is 12.3. The second-order valence-electron chi connectivity index (χ2n) is 7.66. The van der Waals surface area contributed by atoms with E-state index in [1.165, 1.54) is 19.3 Å². The Kier molecular flexibility index (Phi) is 3.46. The highest BCUT2D eigenvalue weighted by Crippen LogP contribution is 2.62. The number of rotatable bonds is 3. The molecule has 21 heavy (non-hydrogen) atoms. The number of benzene rings is 1. The Bertz CT molecular complexity index is 521.